The first-order valence-electron chi connectivity index (χ1n) is 8.13. The van der Waals surface area contributed by atoms with Crippen molar-refractivity contribution in [3.05, 3.63) is 29.1 Å². The van der Waals surface area contributed by atoms with Crippen LogP contribution in [0, 0.1) is 0 Å². The molecule has 140 valence electrons. The molecule has 2 saturated heterocycles. The van der Waals surface area contributed by atoms with E-state index in [-0.39, 0.29) is 35.8 Å². The van der Waals surface area contributed by atoms with Gasteiger partial charge >= 0.3 is 0 Å². The summed E-state index contributed by atoms with van der Waals surface area (Å²) in [6, 6.07) is 3.18. The zero-order valence-electron chi connectivity index (χ0n) is 13.8. The molecule has 0 aromatic carbocycles. The molecular weight excluding hydrogens is 396 g/mol. The van der Waals surface area contributed by atoms with E-state index in [9.17, 15) is 18.0 Å². The maximum atomic E-state index is 12.4. The average molecular weight is 415 g/mol. The molecule has 7 nitrogen and oxygen atoms in total. The largest absolute Gasteiger partial charge is 0.465 e. The van der Waals surface area contributed by atoms with Gasteiger partial charge in [-0.1, -0.05) is 24.0 Å². The van der Waals surface area contributed by atoms with Crippen molar-refractivity contribution in [3.8, 4) is 0 Å². The maximum absolute atomic E-state index is 12.4. The lowest BCUT2D eigenvalue weighted by molar-refractivity contribution is -0.124. The number of thioether (sulfide) groups is 1. The number of nitrogens with one attached hydrogen (secondary N) is 1. The molecule has 0 spiro atoms. The maximum Gasteiger partial charge on any atom is 0.266 e. The van der Waals surface area contributed by atoms with Gasteiger partial charge in [0.15, 0.2) is 9.84 Å². The monoisotopic (exact) mass is 414 g/mol. The molecule has 1 unspecified atom stereocenters. The lowest BCUT2D eigenvalue weighted by Gasteiger charge is -2.15. The molecule has 10 heteroatoms. The summed E-state index contributed by atoms with van der Waals surface area (Å²) in [4.78, 5) is 26.3. The van der Waals surface area contributed by atoms with Crippen LogP contribution >= 0.6 is 24.0 Å². The predicted octanol–water partition coefficient (Wildman–Crippen LogP) is 1.56. The van der Waals surface area contributed by atoms with Crippen LogP contribution in [-0.4, -0.2) is 53.5 Å². The highest BCUT2D eigenvalue weighted by molar-refractivity contribution is 8.26. The molecule has 26 heavy (non-hydrogen) atoms. The summed E-state index contributed by atoms with van der Waals surface area (Å²) in [5, 5.41) is 2.74. The van der Waals surface area contributed by atoms with Crippen molar-refractivity contribution in [2.45, 2.75) is 25.3 Å². The number of furan rings is 1. The lowest BCUT2D eigenvalue weighted by atomic mass is 10.2. The van der Waals surface area contributed by atoms with Crippen LogP contribution < -0.4 is 5.32 Å². The molecule has 0 radical (unpaired) electrons. The Kier molecular flexibility index (Phi) is 5.83. The van der Waals surface area contributed by atoms with Crippen molar-refractivity contribution in [3.63, 3.8) is 0 Å². The van der Waals surface area contributed by atoms with Gasteiger partial charge in [0, 0.05) is 25.1 Å². The Morgan fingerprint density at radius 1 is 1.50 bits per heavy atom. The number of sulfone groups is 1. The quantitative estimate of drug-likeness (QED) is 0.557. The van der Waals surface area contributed by atoms with Crippen molar-refractivity contribution < 1.29 is 22.4 Å². The fourth-order valence-electron chi connectivity index (χ4n) is 2.80. The van der Waals surface area contributed by atoms with Crippen LogP contribution in [0.4, 0.5) is 0 Å². The summed E-state index contributed by atoms with van der Waals surface area (Å²) < 4.78 is 28.5. The Hall–Kier alpha value is -1.65. The lowest BCUT2D eigenvalue weighted by Crippen LogP contribution is -2.36. The van der Waals surface area contributed by atoms with Crippen molar-refractivity contribution in [1.29, 1.82) is 0 Å². The van der Waals surface area contributed by atoms with Crippen molar-refractivity contribution in [2.75, 3.05) is 18.1 Å². The number of carbonyl (C=O) groups is 2. The van der Waals surface area contributed by atoms with E-state index in [1.165, 1.54) is 22.9 Å². The van der Waals surface area contributed by atoms with E-state index in [2.05, 4.69) is 5.32 Å². The molecule has 2 fully saturated rings. The van der Waals surface area contributed by atoms with Gasteiger partial charge in [-0.3, -0.25) is 14.5 Å². The fraction of sp³-hybridized carbons (Fsp3) is 0.438. The molecule has 3 rings (SSSR count). The Morgan fingerprint density at radius 3 is 2.96 bits per heavy atom. The van der Waals surface area contributed by atoms with Crippen LogP contribution in [0.1, 0.15) is 25.0 Å². The molecule has 1 atom stereocenters. The first-order chi connectivity index (χ1) is 12.3. The van der Waals surface area contributed by atoms with Gasteiger partial charge in [-0.2, -0.15) is 0 Å². The Balaban J connectivity index is 1.46. The molecule has 2 aliphatic rings. The van der Waals surface area contributed by atoms with Gasteiger partial charge in [0.1, 0.15) is 10.1 Å². The minimum absolute atomic E-state index is 0.00497. The van der Waals surface area contributed by atoms with E-state index in [0.717, 1.165) is 0 Å². The first kappa shape index (κ1) is 19.1. The van der Waals surface area contributed by atoms with Gasteiger partial charge in [-0.05, 0) is 25.0 Å². The van der Waals surface area contributed by atoms with Crippen LogP contribution in [0.15, 0.2) is 27.7 Å². The van der Waals surface area contributed by atoms with Crippen LogP contribution in [-0.2, 0) is 19.4 Å². The van der Waals surface area contributed by atoms with E-state index in [1.54, 1.807) is 18.2 Å². The predicted molar refractivity (Wildman–Crippen MR) is 103 cm³/mol. The van der Waals surface area contributed by atoms with Gasteiger partial charge < -0.3 is 9.73 Å². The molecule has 0 saturated carbocycles. The number of thiocarbonyl (C=S) groups is 1. The fourth-order valence-corrected chi connectivity index (χ4v) is 5.76. The second-order valence-electron chi connectivity index (χ2n) is 6.12. The number of hydrogen-bond donors (Lipinski definition) is 1. The van der Waals surface area contributed by atoms with E-state index in [4.69, 9.17) is 16.6 Å². The van der Waals surface area contributed by atoms with Crippen molar-refractivity contribution in [1.82, 2.24) is 10.2 Å². The summed E-state index contributed by atoms with van der Waals surface area (Å²) in [6.07, 6.45) is 4.30. The van der Waals surface area contributed by atoms with Crippen LogP contribution in [0.5, 0.6) is 0 Å². The zero-order chi connectivity index (χ0) is 18.7. The SMILES string of the molecule is O=C(CCCN1C(=O)C(=Cc2ccco2)SC1=S)NC1CCS(=O)(=O)C1. The third kappa shape index (κ3) is 4.74. The summed E-state index contributed by atoms with van der Waals surface area (Å²) in [6.45, 7) is 0.344. The summed E-state index contributed by atoms with van der Waals surface area (Å²) in [7, 11) is -3.02. The van der Waals surface area contributed by atoms with Gasteiger partial charge in [0.25, 0.3) is 5.91 Å². The Bertz CT molecular complexity index is 845. The minimum Gasteiger partial charge on any atom is -0.465 e. The van der Waals surface area contributed by atoms with Crippen molar-refractivity contribution in [2.24, 2.45) is 0 Å². The van der Waals surface area contributed by atoms with E-state index in [1.807, 2.05) is 0 Å². The smallest absolute Gasteiger partial charge is 0.266 e. The van der Waals surface area contributed by atoms with Gasteiger partial charge in [0.05, 0.1) is 22.7 Å². The number of hydrogen-bond acceptors (Lipinski definition) is 7. The molecule has 1 aromatic heterocycles. The summed E-state index contributed by atoms with van der Waals surface area (Å²) in [5.74, 6) is 0.306. The first-order valence-corrected chi connectivity index (χ1v) is 11.2. The van der Waals surface area contributed by atoms with Crippen LogP contribution in [0.25, 0.3) is 6.08 Å². The normalized spacial score (nSPS) is 23.8. The highest BCUT2D eigenvalue weighted by Gasteiger charge is 2.32. The van der Waals surface area contributed by atoms with Gasteiger partial charge in [0.2, 0.25) is 5.91 Å². The molecular formula is C16H18N2O5S3. The van der Waals surface area contributed by atoms with Gasteiger partial charge in [-0.25, -0.2) is 8.42 Å². The average Bonchev–Trinajstić information content (AvgIpc) is 3.25. The highest BCUT2D eigenvalue weighted by Crippen LogP contribution is 2.32. The number of nitrogens with zero attached hydrogens (tertiary/aromatic N) is 1. The van der Waals surface area contributed by atoms with Gasteiger partial charge in [-0.15, -0.1) is 0 Å². The van der Waals surface area contributed by atoms with E-state index < -0.39 is 9.84 Å². The molecule has 1 aromatic rings. The molecule has 0 bridgehead atoms. The standard InChI is InChI=1S/C16H18N2O5S3/c19-14(17-11-5-8-26(21,22)10-11)4-1-6-18-15(20)13(25-16(18)24)9-12-3-2-7-23-12/h2-3,7,9,11H,1,4-6,8,10H2,(H,17,19). The zero-order valence-corrected chi connectivity index (χ0v) is 16.3. The topological polar surface area (TPSA) is 96.7 Å². The second kappa shape index (κ2) is 7.93. The Morgan fingerprint density at radius 2 is 2.31 bits per heavy atom. The third-order valence-corrected chi connectivity index (χ3v) is 7.22. The highest BCUT2D eigenvalue weighted by atomic mass is 32.2. The van der Waals surface area contributed by atoms with E-state index >= 15 is 0 Å². The summed E-state index contributed by atoms with van der Waals surface area (Å²) in [5.41, 5.74) is 0. The molecule has 1 N–H and O–H groups in total. The Labute approximate surface area is 161 Å². The number of amides is 2. The van der Waals surface area contributed by atoms with Crippen LogP contribution in [0.2, 0.25) is 0 Å². The molecule has 0 aliphatic carbocycles. The van der Waals surface area contributed by atoms with E-state index in [0.29, 0.717) is 34.4 Å². The second-order valence-corrected chi connectivity index (χ2v) is 10.0. The minimum atomic E-state index is -3.02. The third-order valence-electron chi connectivity index (χ3n) is 4.07. The molecule has 2 amide bonds. The summed E-state index contributed by atoms with van der Waals surface area (Å²) >= 11 is 6.45. The van der Waals surface area contributed by atoms with Crippen molar-refractivity contribution >= 4 is 56.0 Å². The molecule has 2 aliphatic heterocycles. The molecule has 3 heterocycles. The number of carbonyl (C=O) groups excluding carboxylic acids is 2. The van der Waals surface area contributed by atoms with Crippen LogP contribution in [0.3, 0.4) is 0 Å². The number of rotatable bonds is 6.